The maximum Gasteiger partial charge on any atom is 0.410 e. The lowest BCUT2D eigenvalue weighted by atomic mass is 10.0. The van der Waals surface area contributed by atoms with Gasteiger partial charge in [-0.15, -0.1) is 0 Å². The fourth-order valence-electron chi connectivity index (χ4n) is 2.80. The Balaban J connectivity index is 2.59. The largest absolute Gasteiger partial charge is 0.444 e. The summed E-state index contributed by atoms with van der Waals surface area (Å²) < 4.78 is 5.47. The Bertz CT molecular complexity index is 403. The Hall–Kier alpha value is -1.50. The summed E-state index contributed by atoms with van der Waals surface area (Å²) in [4.78, 5) is 27.9. The zero-order valence-electron chi connectivity index (χ0n) is 15.5. The standard InChI is InChI=1S/C17H33N3O4/c1-5-9-19(11-12-21)15(22)18-13-14-8-6-7-10-20(14)16(23)24-17(2,3)4/h14,21H,5-13H2,1-4H3,(H,18,22). The van der Waals surface area contributed by atoms with E-state index in [0.29, 0.717) is 26.2 Å². The summed E-state index contributed by atoms with van der Waals surface area (Å²) in [6, 6.07) is -0.240. The van der Waals surface area contributed by atoms with Crippen LogP contribution in [0.2, 0.25) is 0 Å². The summed E-state index contributed by atoms with van der Waals surface area (Å²) in [5, 5.41) is 12.0. The van der Waals surface area contributed by atoms with Crippen LogP contribution < -0.4 is 5.32 Å². The zero-order chi connectivity index (χ0) is 18.2. The van der Waals surface area contributed by atoms with Crippen LogP contribution in [0.5, 0.6) is 0 Å². The van der Waals surface area contributed by atoms with E-state index in [9.17, 15) is 9.59 Å². The van der Waals surface area contributed by atoms with Crippen molar-refractivity contribution >= 4 is 12.1 Å². The van der Waals surface area contributed by atoms with Gasteiger partial charge in [0.2, 0.25) is 0 Å². The highest BCUT2D eigenvalue weighted by Gasteiger charge is 2.30. The van der Waals surface area contributed by atoms with E-state index in [0.717, 1.165) is 25.7 Å². The van der Waals surface area contributed by atoms with Crippen molar-refractivity contribution in [3.05, 3.63) is 0 Å². The van der Waals surface area contributed by atoms with E-state index in [1.807, 2.05) is 27.7 Å². The molecular formula is C17H33N3O4. The minimum absolute atomic E-state index is 0.0462. The van der Waals surface area contributed by atoms with Crippen LogP contribution in [-0.2, 0) is 4.74 Å². The summed E-state index contributed by atoms with van der Waals surface area (Å²) in [6.07, 6.45) is 3.36. The van der Waals surface area contributed by atoms with E-state index < -0.39 is 5.60 Å². The number of ether oxygens (including phenoxy) is 1. The first kappa shape index (κ1) is 20.5. The molecule has 0 aliphatic carbocycles. The molecule has 1 atom stereocenters. The van der Waals surface area contributed by atoms with Crippen molar-refractivity contribution in [1.82, 2.24) is 15.1 Å². The molecule has 1 aliphatic rings. The number of carbonyl (C=O) groups excluding carboxylic acids is 2. The number of carbonyl (C=O) groups is 2. The van der Waals surface area contributed by atoms with Gasteiger partial charge in [-0.1, -0.05) is 6.92 Å². The maximum absolute atomic E-state index is 12.4. The van der Waals surface area contributed by atoms with Gasteiger partial charge in [0.25, 0.3) is 0 Å². The predicted molar refractivity (Wildman–Crippen MR) is 92.9 cm³/mol. The van der Waals surface area contributed by atoms with E-state index in [4.69, 9.17) is 9.84 Å². The number of aliphatic hydroxyl groups is 1. The maximum atomic E-state index is 12.4. The SMILES string of the molecule is CCCN(CCO)C(=O)NCC1CCCCN1C(=O)OC(C)(C)C. The normalized spacial score (nSPS) is 18.2. The molecule has 0 radical (unpaired) electrons. The molecule has 1 rings (SSSR count). The van der Waals surface area contributed by atoms with Crippen molar-refractivity contribution in [2.24, 2.45) is 0 Å². The van der Waals surface area contributed by atoms with Gasteiger partial charge in [-0.2, -0.15) is 0 Å². The van der Waals surface area contributed by atoms with Crippen molar-refractivity contribution in [1.29, 1.82) is 0 Å². The lowest BCUT2D eigenvalue weighted by Gasteiger charge is -2.37. The van der Waals surface area contributed by atoms with E-state index >= 15 is 0 Å². The Morgan fingerprint density at radius 3 is 2.58 bits per heavy atom. The number of rotatable bonds is 6. The van der Waals surface area contributed by atoms with E-state index in [1.54, 1.807) is 9.80 Å². The summed E-state index contributed by atoms with van der Waals surface area (Å²) in [7, 11) is 0. The molecule has 0 spiro atoms. The van der Waals surface area contributed by atoms with Crippen LogP contribution in [-0.4, -0.2) is 71.5 Å². The van der Waals surface area contributed by atoms with Crippen LogP contribution in [0.1, 0.15) is 53.4 Å². The van der Waals surface area contributed by atoms with Gasteiger partial charge in [0.15, 0.2) is 0 Å². The third-order valence-electron chi connectivity index (χ3n) is 3.89. The fourth-order valence-corrected chi connectivity index (χ4v) is 2.80. The van der Waals surface area contributed by atoms with Crippen molar-refractivity contribution < 1.29 is 19.4 Å². The number of likely N-dealkylation sites (tertiary alicyclic amines) is 1. The smallest absolute Gasteiger partial charge is 0.410 e. The number of aliphatic hydroxyl groups excluding tert-OH is 1. The van der Waals surface area contributed by atoms with Gasteiger partial charge in [-0.05, 0) is 46.5 Å². The number of nitrogens with zero attached hydrogens (tertiary/aromatic N) is 2. The molecule has 0 saturated carbocycles. The number of nitrogens with one attached hydrogen (secondary N) is 1. The minimum Gasteiger partial charge on any atom is -0.444 e. The molecule has 0 aromatic heterocycles. The van der Waals surface area contributed by atoms with Crippen molar-refractivity contribution in [3.8, 4) is 0 Å². The van der Waals surface area contributed by atoms with Gasteiger partial charge >= 0.3 is 12.1 Å². The first-order chi connectivity index (χ1) is 11.3. The van der Waals surface area contributed by atoms with E-state index in [-0.39, 0.29) is 24.8 Å². The third kappa shape index (κ3) is 6.95. The van der Waals surface area contributed by atoms with Crippen LogP contribution >= 0.6 is 0 Å². The summed E-state index contributed by atoms with van der Waals surface area (Å²) in [5.74, 6) is 0. The lowest BCUT2D eigenvalue weighted by Crippen LogP contribution is -2.52. The van der Waals surface area contributed by atoms with Crippen LogP contribution in [0.15, 0.2) is 0 Å². The Morgan fingerprint density at radius 2 is 2.00 bits per heavy atom. The number of urea groups is 1. The van der Waals surface area contributed by atoms with Gasteiger partial charge in [0.1, 0.15) is 5.60 Å². The molecular weight excluding hydrogens is 310 g/mol. The lowest BCUT2D eigenvalue weighted by molar-refractivity contribution is 0.0100. The molecule has 0 aromatic carbocycles. The fraction of sp³-hybridized carbons (Fsp3) is 0.882. The average Bonchev–Trinajstić information content (AvgIpc) is 2.51. The Kier molecular flexibility index (Phi) is 8.31. The van der Waals surface area contributed by atoms with Crippen LogP contribution in [0, 0.1) is 0 Å². The molecule has 7 nitrogen and oxygen atoms in total. The second-order valence-electron chi connectivity index (χ2n) is 7.22. The monoisotopic (exact) mass is 343 g/mol. The molecule has 24 heavy (non-hydrogen) atoms. The van der Waals surface area contributed by atoms with Crippen molar-refractivity contribution in [2.75, 3.05) is 32.8 Å². The van der Waals surface area contributed by atoms with Crippen molar-refractivity contribution in [3.63, 3.8) is 0 Å². The highest BCUT2D eigenvalue weighted by Crippen LogP contribution is 2.20. The molecule has 1 fully saturated rings. The van der Waals surface area contributed by atoms with E-state index in [1.165, 1.54) is 0 Å². The molecule has 140 valence electrons. The van der Waals surface area contributed by atoms with Crippen LogP contribution in [0.4, 0.5) is 9.59 Å². The molecule has 2 N–H and O–H groups in total. The highest BCUT2D eigenvalue weighted by molar-refractivity contribution is 5.74. The molecule has 1 heterocycles. The van der Waals surface area contributed by atoms with Gasteiger partial charge < -0.3 is 25.0 Å². The second kappa shape index (κ2) is 9.71. The topological polar surface area (TPSA) is 82.1 Å². The van der Waals surface area contributed by atoms with E-state index in [2.05, 4.69) is 5.32 Å². The average molecular weight is 343 g/mol. The summed E-state index contributed by atoms with van der Waals surface area (Å²) >= 11 is 0. The van der Waals surface area contributed by atoms with Gasteiger partial charge in [0, 0.05) is 26.2 Å². The van der Waals surface area contributed by atoms with Gasteiger partial charge in [-0.25, -0.2) is 9.59 Å². The Labute approximate surface area is 145 Å². The minimum atomic E-state index is -0.526. The third-order valence-corrected chi connectivity index (χ3v) is 3.89. The first-order valence-corrected chi connectivity index (χ1v) is 8.91. The zero-order valence-corrected chi connectivity index (χ0v) is 15.5. The van der Waals surface area contributed by atoms with Gasteiger partial charge in [0.05, 0.1) is 12.6 Å². The molecule has 1 saturated heterocycles. The number of amides is 3. The molecule has 7 heteroatoms. The number of hydrogen-bond acceptors (Lipinski definition) is 4. The van der Waals surface area contributed by atoms with Gasteiger partial charge in [-0.3, -0.25) is 0 Å². The highest BCUT2D eigenvalue weighted by atomic mass is 16.6. The molecule has 1 aliphatic heterocycles. The van der Waals surface area contributed by atoms with Crippen LogP contribution in [0.25, 0.3) is 0 Å². The predicted octanol–water partition coefficient (Wildman–Crippen LogP) is 2.19. The quantitative estimate of drug-likeness (QED) is 0.774. The van der Waals surface area contributed by atoms with Crippen molar-refractivity contribution in [2.45, 2.75) is 65.0 Å². The number of piperidine rings is 1. The second-order valence-corrected chi connectivity index (χ2v) is 7.22. The summed E-state index contributed by atoms with van der Waals surface area (Å²) in [5.41, 5.74) is -0.526. The molecule has 0 aromatic rings. The number of hydrogen-bond donors (Lipinski definition) is 2. The summed E-state index contributed by atoms with van der Waals surface area (Å²) in [6.45, 7) is 9.47. The molecule has 3 amide bonds. The van der Waals surface area contributed by atoms with Crippen LogP contribution in [0.3, 0.4) is 0 Å². The first-order valence-electron chi connectivity index (χ1n) is 8.91. The molecule has 0 bridgehead atoms. The molecule has 1 unspecified atom stereocenters. The Morgan fingerprint density at radius 1 is 1.29 bits per heavy atom.